The van der Waals surface area contributed by atoms with E-state index in [1.807, 2.05) is 25.1 Å². The van der Waals surface area contributed by atoms with Gasteiger partial charge in [0, 0.05) is 37.8 Å². The van der Waals surface area contributed by atoms with Crippen LogP contribution in [0.4, 0.5) is 0 Å². The minimum absolute atomic E-state index is 0.0618. The topological polar surface area (TPSA) is 76.2 Å². The summed E-state index contributed by atoms with van der Waals surface area (Å²) in [5.74, 6) is 0.917. The van der Waals surface area contributed by atoms with Gasteiger partial charge in [-0.2, -0.15) is 4.31 Å². The van der Waals surface area contributed by atoms with Crippen LogP contribution in [0.5, 0.6) is 11.5 Å². The van der Waals surface area contributed by atoms with Gasteiger partial charge in [0.15, 0.2) is 11.5 Å². The van der Waals surface area contributed by atoms with Gasteiger partial charge in [-0.3, -0.25) is 4.79 Å². The van der Waals surface area contributed by atoms with Crippen molar-refractivity contribution in [2.45, 2.75) is 11.8 Å². The number of benzene rings is 2. The lowest BCUT2D eigenvalue weighted by atomic mass is 10.1. The molecule has 0 aliphatic carbocycles. The number of fused-ring (bicyclic) bond motifs is 1. The summed E-state index contributed by atoms with van der Waals surface area (Å²) < 4.78 is 37.7. The van der Waals surface area contributed by atoms with Gasteiger partial charge in [-0.1, -0.05) is 18.2 Å². The largest absolute Gasteiger partial charge is 0.454 e. The van der Waals surface area contributed by atoms with Crippen molar-refractivity contribution in [1.29, 1.82) is 0 Å². The highest BCUT2D eigenvalue weighted by molar-refractivity contribution is 7.89. The molecule has 2 aromatic carbocycles. The SMILES string of the molecule is Cc1ccccc1C(=O)N1CCN(S(=O)(=O)c2ccc3c(c2)OCO3)CC1. The first kappa shape index (κ1) is 17.8. The molecule has 8 heteroatoms. The average molecular weight is 388 g/mol. The van der Waals surface area contributed by atoms with E-state index >= 15 is 0 Å². The van der Waals surface area contributed by atoms with E-state index in [1.54, 1.807) is 17.0 Å². The standard InChI is InChI=1S/C19H20N2O5S/c1-14-4-2-3-5-16(14)19(22)20-8-10-21(11-9-20)27(23,24)15-6-7-17-18(12-15)26-13-25-17/h2-7,12H,8-11,13H2,1H3. The molecule has 2 aliphatic heterocycles. The molecule has 7 nitrogen and oxygen atoms in total. The van der Waals surface area contributed by atoms with Crippen LogP contribution in [-0.2, 0) is 10.0 Å². The summed E-state index contributed by atoms with van der Waals surface area (Å²) in [6.07, 6.45) is 0. The van der Waals surface area contributed by atoms with Crippen LogP contribution in [-0.4, -0.2) is 56.5 Å². The Morgan fingerprint density at radius 2 is 1.67 bits per heavy atom. The number of ether oxygens (including phenoxy) is 2. The van der Waals surface area contributed by atoms with Crippen molar-refractivity contribution in [2.75, 3.05) is 33.0 Å². The summed E-state index contributed by atoms with van der Waals surface area (Å²) >= 11 is 0. The van der Waals surface area contributed by atoms with Gasteiger partial charge in [-0.05, 0) is 30.7 Å². The Balaban J connectivity index is 1.47. The van der Waals surface area contributed by atoms with Gasteiger partial charge in [-0.15, -0.1) is 0 Å². The first-order chi connectivity index (χ1) is 13.0. The molecule has 0 aromatic heterocycles. The average Bonchev–Trinajstić information content (AvgIpc) is 3.16. The quantitative estimate of drug-likeness (QED) is 0.802. The van der Waals surface area contributed by atoms with Gasteiger partial charge in [0.05, 0.1) is 4.90 Å². The summed E-state index contributed by atoms with van der Waals surface area (Å²) in [4.78, 5) is 14.6. The van der Waals surface area contributed by atoms with Crippen molar-refractivity contribution in [1.82, 2.24) is 9.21 Å². The van der Waals surface area contributed by atoms with E-state index < -0.39 is 10.0 Å². The number of hydrogen-bond acceptors (Lipinski definition) is 5. The van der Waals surface area contributed by atoms with E-state index in [-0.39, 0.29) is 30.7 Å². The second kappa shape index (κ2) is 6.86. The molecule has 2 aliphatic rings. The number of rotatable bonds is 3. The fourth-order valence-electron chi connectivity index (χ4n) is 3.30. The molecule has 1 saturated heterocycles. The Bertz CT molecular complexity index is 981. The molecule has 0 radical (unpaired) electrons. The Hall–Kier alpha value is -2.58. The number of sulfonamides is 1. The molecule has 0 atom stereocenters. The first-order valence-corrected chi connectivity index (χ1v) is 10.2. The first-order valence-electron chi connectivity index (χ1n) is 8.71. The summed E-state index contributed by atoms with van der Waals surface area (Å²) in [6, 6.07) is 12.0. The summed E-state index contributed by atoms with van der Waals surface area (Å²) in [6.45, 7) is 3.22. The van der Waals surface area contributed by atoms with Crippen LogP contribution in [0.2, 0.25) is 0 Å². The molecule has 0 N–H and O–H groups in total. The Morgan fingerprint density at radius 1 is 0.963 bits per heavy atom. The number of piperazine rings is 1. The summed E-state index contributed by atoms with van der Waals surface area (Å²) in [5, 5.41) is 0. The molecule has 0 saturated carbocycles. The molecule has 0 bridgehead atoms. The number of carbonyl (C=O) groups excluding carboxylic acids is 1. The maximum atomic E-state index is 12.9. The van der Waals surface area contributed by atoms with E-state index in [1.165, 1.54) is 16.4 Å². The molecule has 2 aromatic rings. The lowest BCUT2D eigenvalue weighted by Gasteiger charge is -2.34. The Labute approximate surface area is 158 Å². The van der Waals surface area contributed by atoms with Crippen LogP contribution in [0.1, 0.15) is 15.9 Å². The number of aryl methyl sites for hydroxylation is 1. The van der Waals surface area contributed by atoms with Crippen LogP contribution in [0.15, 0.2) is 47.4 Å². The summed E-state index contributed by atoms with van der Waals surface area (Å²) in [5.41, 5.74) is 1.57. The highest BCUT2D eigenvalue weighted by Crippen LogP contribution is 2.34. The zero-order chi connectivity index (χ0) is 19.0. The van der Waals surface area contributed by atoms with E-state index in [0.717, 1.165) is 5.56 Å². The maximum absolute atomic E-state index is 12.9. The molecular weight excluding hydrogens is 368 g/mol. The predicted octanol–water partition coefficient (Wildman–Crippen LogP) is 1.87. The second-order valence-electron chi connectivity index (χ2n) is 6.53. The number of nitrogens with zero attached hydrogens (tertiary/aromatic N) is 2. The lowest BCUT2D eigenvalue weighted by Crippen LogP contribution is -2.50. The zero-order valence-electron chi connectivity index (χ0n) is 14.9. The monoisotopic (exact) mass is 388 g/mol. The predicted molar refractivity (Wildman–Crippen MR) is 98.4 cm³/mol. The van der Waals surface area contributed by atoms with E-state index in [4.69, 9.17) is 9.47 Å². The molecule has 0 spiro atoms. The van der Waals surface area contributed by atoms with Crippen molar-refractivity contribution in [3.63, 3.8) is 0 Å². The van der Waals surface area contributed by atoms with Crippen molar-refractivity contribution in [3.05, 3.63) is 53.6 Å². The minimum Gasteiger partial charge on any atom is -0.454 e. The second-order valence-corrected chi connectivity index (χ2v) is 8.46. The van der Waals surface area contributed by atoms with Gasteiger partial charge in [0.2, 0.25) is 16.8 Å². The normalized spacial score (nSPS) is 17.1. The van der Waals surface area contributed by atoms with Crippen LogP contribution in [0.25, 0.3) is 0 Å². The fourth-order valence-corrected chi connectivity index (χ4v) is 4.74. The fraction of sp³-hybridized carbons (Fsp3) is 0.316. The van der Waals surface area contributed by atoms with E-state index in [0.29, 0.717) is 30.2 Å². The number of carbonyl (C=O) groups is 1. The van der Waals surface area contributed by atoms with E-state index in [9.17, 15) is 13.2 Å². The van der Waals surface area contributed by atoms with Gasteiger partial charge in [0.1, 0.15) is 0 Å². The molecule has 4 rings (SSSR count). The molecular formula is C19H20N2O5S. The van der Waals surface area contributed by atoms with Crippen molar-refractivity contribution < 1.29 is 22.7 Å². The molecule has 0 unspecified atom stereocenters. The van der Waals surface area contributed by atoms with Crippen molar-refractivity contribution >= 4 is 15.9 Å². The van der Waals surface area contributed by atoms with Gasteiger partial charge in [0.25, 0.3) is 5.91 Å². The molecule has 2 heterocycles. The zero-order valence-corrected chi connectivity index (χ0v) is 15.7. The van der Waals surface area contributed by atoms with Crippen LogP contribution >= 0.6 is 0 Å². The molecule has 1 fully saturated rings. The Kier molecular flexibility index (Phi) is 4.53. The smallest absolute Gasteiger partial charge is 0.254 e. The van der Waals surface area contributed by atoms with Crippen LogP contribution in [0.3, 0.4) is 0 Å². The minimum atomic E-state index is -3.65. The van der Waals surface area contributed by atoms with Crippen molar-refractivity contribution in [2.24, 2.45) is 0 Å². The van der Waals surface area contributed by atoms with Crippen LogP contribution in [0, 0.1) is 6.92 Å². The number of amides is 1. The molecule has 27 heavy (non-hydrogen) atoms. The highest BCUT2D eigenvalue weighted by atomic mass is 32.2. The molecule has 142 valence electrons. The van der Waals surface area contributed by atoms with E-state index in [2.05, 4.69) is 0 Å². The van der Waals surface area contributed by atoms with Gasteiger partial charge in [-0.25, -0.2) is 8.42 Å². The highest BCUT2D eigenvalue weighted by Gasteiger charge is 2.31. The lowest BCUT2D eigenvalue weighted by molar-refractivity contribution is 0.0697. The number of hydrogen-bond donors (Lipinski definition) is 0. The Morgan fingerprint density at radius 3 is 2.41 bits per heavy atom. The van der Waals surface area contributed by atoms with Gasteiger partial charge < -0.3 is 14.4 Å². The van der Waals surface area contributed by atoms with Crippen molar-refractivity contribution in [3.8, 4) is 11.5 Å². The third kappa shape index (κ3) is 3.26. The third-order valence-corrected chi connectivity index (χ3v) is 6.78. The summed E-state index contributed by atoms with van der Waals surface area (Å²) in [7, 11) is -3.65. The maximum Gasteiger partial charge on any atom is 0.254 e. The van der Waals surface area contributed by atoms with Crippen LogP contribution < -0.4 is 9.47 Å². The third-order valence-electron chi connectivity index (χ3n) is 4.88. The van der Waals surface area contributed by atoms with Gasteiger partial charge >= 0.3 is 0 Å². The molecule has 1 amide bonds.